The van der Waals surface area contributed by atoms with E-state index in [1.165, 1.54) is 4.90 Å². The number of amides is 2. The number of nitrogens with one attached hydrogen (secondary N) is 1. The van der Waals surface area contributed by atoms with Crippen LogP contribution >= 0.6 is 0 Å². The molecule has 1 N–H and O–H groups in total. The summed E-state index contributed by atoms with van der Waals surface area (Å²) in [6.45, 7) is 7.36. The van der Waals surface area contributed by atoms with Gasteiger partial charge in [-0.1, -0.05) is 0 Å². The first kappa shape index (κ1) is 17.7. The van der Waals surface area contributed by atoms with Gasteiger partial charge in [0.25, 0.3) is 0 Å². The fourth-order valence-electron chi connectivity index (χ4n) is 3.14. The average molecular weight is 350 g/mol. The van der Waals surface area contributed by atoms with Gasteiger partial charge in [0.2, 0.25) is 5.91 Å². The van der Waals surface area contributed by atoms with Gasteiger partial charge in [0.05, 0.1) is 24.5 Å². The number of nitrogens with zero attached hydrogens (tertiary/aromatic N) is 3. The molecule has 138 valence electrons. The number of hydrogen-bond acceptors (Lipinski definition) is 5. The molecular weight excluding hydrogens is 324 g/mol. The summed E-state index contributed by atoms with van der Waals surface area (Å²) < 4.78 is 12.6. The van der Waals surface area contributed by atoms with Crippen LogP contribution < -0.4 is 5.32 Å². The largest absolute Gasteiger partial charge is 0.444 e. The molecule has 1 aromatic rings. The lowest BCUT2D eigenvalue weighted by atomic mass is 10.2. The Morgan fingerprint density at radius 2 is 2.16 bits per heavy atom. The zero-order chi connectivity index (χ0) is 18.0. The third-order valence-electron chi connectivity index (χ3n) is 4.33. The van der Waals surface area contributed by atoms with Crippen molar-refractivity contribution in [3.8, 4) is 0 Å². The Balaban J connectivity index is 1.61. The zero-order valence-corrected chi connectivity index (χ0v) is 15.0. The minimum Gasteiger partial charge on any atom is -0.444 e. The number of carbonyl (C=O) groups is 2. The minimum absolute atomic E-state index is 0.203. The van der Waals surface area contributed by atoms with Crippen molar-refractivity contribution >= 4 is 17.7 Å². The maximum absolute atomic E-state index is 12.6. The summed E-state index contributed by atoms with van der Waals surface area (Å²) >= 11 is 0. The first-order valence-corrected chi connectivity index (χ1v) is 8.76. The molecule has 0 aliphatic carbocycles. The highest BCUT2D eigenvalue weighted by Crippen LogP contribution is 2.23. The smallest absolute Gasteiger partial charge is 0.410 e. The Labute approximate surface area is 147 Å². The summed E-state index contributed by atoms with van der Waals surface area (Å²) in [5, 5.41) is 7.16. The molecule has 0 spiro atoms. The topological polar surface area (TPSA) is 85.7 Å². The van der Waals surface area contributed by atoms with Crippen LogP contribution in [0, 0.1) is 0 Å². The molecule has 8 nitrogen and oxygen atoms in total. The highest BCUT2D eigenvalue weighted by atomic mass is 16.6. The molecule has 0 saturated carbocycles. The quantitative estimate of drug-likeness (QED) is 0.903. The number of ether oxygens (including phenoxy) is 2. The van der Waals surface area contributed by atoms with Crippen LogP contribution in [0.15, 0.2) is 12.4 Å². The van der Waals surface area contributed by atoms with E-state index in [4.69, 9.17) is 9.47 Å². The highest BCUT2D eigenvalue weighted by Gasteiger charge is 2.36. The second-order valence-corrected chi connectivity index (χ2v) is 7.55. The van der Waals surface area contributed by atoms with Gasteiger partial charge in [-0.15, -0.1) is 0 Å². The molecule has 2 atom stereocenters. The first-order chi connectivity index (χ1) is 11.8. The second kappa shape index (κ2) is 7.03. The molecule has 2 amide bonds. The van der Waals surface area contributed by atoms with E-state index in [2.05, 4.69) is 10.4 Å². The van der Waals surface area contributed by atoms with E-state index in [0.29, 0.717) is 25.3 Å². The molecule has 3 rings (SSSR count). The second-order valence-electron chi connectivity index (χ2n) is 7.55. The van der Waals surface area contributed by atoms with Crippen LogP contribution in [0.3, 0.4) is 0 Å². The normalized spacial score (nSPS) is 23.7. The van der Waals surface area contributed by atoms with Crippen LogP contribution in [0.2, 0.25) is 0 Å². The Bertz CT molecular complexity index is 631. The lowest BCUT2D eigenvalue weighted by Gasteiger charge is -2.27. The van der Waals surface area contributed by atoms with Crippen molar-refractivity contribution < 1.29 is 19.1 Å². The number of anilines is 1. The molecule has 2 fully saturated rings. The van der Waals surface area contributed by atoms with E-state index in [0.717, 1.165) is 19.4 Å². The lowest BCUT2D eigenvalue weighted by molar-refractivity contribution is -0.120. The molecule has 25 heavy (non-hydrogen) atoms. The number of likely N-dealkylation sites (tertiary alicyclic amines) is 1. The van der Waals surface area contributed by atoms with Gasteiger partial charge in [-0.05, 0) is 40.0 Å². The maximum atomic E-state index is 12.6. The third kappa shape index (κ3) is 4.31. The summed E-state index contributed by atoms with van der Waals surface area (Å²) in [4.78, 5) is 26.4. The number of carbonyl (C=O) groups excluding carboxylic acids is 2. The minimum atomic E-state index is -0.578. The van der Waals surface area contributed by atoms with E-state index < -0.39 is 17.7 Å². The molecule has 0 aromatic carbocycles. The van der Waals surface area contributed by atoms with E-state index in [9.17, 15) is 9.59 Å². The van der Waals surface area contributed by atoms with E-state index in [1.807, 2.05) is 31.6 Å². The summed E-state index contributed by atoms with van der Waals surface area (Å²) in [7, 11) is 0. The van der Waals surface area contributed by atoms with E-state index in [-0.39, 0.29) is 11.9 Å². The Morgan fingerprint density at radius 3 is 2.84 bits per heavy atom. The summed E-state index contributed by atoms with van der Waals surface area (Å²) in [6, 6.07) is -0.289. The van der Waals surface area contributed by atoms with Gasteiger partial charge in [-0.3, -0.25) is 14.4 Å². The van der Waals surface area contributed by atoms with Crippen molar-refractivity contribution in [1.82, 2.24) is 14.7 Å². The molecule has 2 saturated heterocycles. The molecule has 1 aromatic heterocycles. The SMILES string of the molecule is CC(C)(C)OC(=O)N1CCC[C@H]1C(=O)Nc1cnn([C@@H]2CCOC2)c1. The zero-order valence-electron chi connectivity index (χ0n) is 15.0. The van der Waals surface area contributed by atoms with E-state index in [1.54, 1.807) is 6.20 Å². The van der Waals surface area contributed by atoms with Crippen LogP contribution in [0.25, 0.3) is 0 Å². The number of rotatable bonds is 3. The monoisotopic (exact) mass is 350 g/mol. The molecule has 2 aliphatic rings. The summed E-state index contributed by atoms with van der Waals surface area (Å²) in [5.41, 5.74) is 0.0542. The van der Waals surface area contributed by atoms with Crippen LogP contribution in [0.4, 0.5) is 10.5 Å². The average Bonchev–Trinajstić information content (AvgIpc) is 3.26. The predicted molar refractivity (Wildman–Crippen MR) is 91.3 cm³/mol. The maximum Gasteiger partial charge on any atom is 0.410 e. The van der Waals surface area contributed by atoms with Gasteiger partial charge in [-0.25, -0.2) is 4.79 Å². The van der Waals surface area contributed by atoms with Gasteiger partial charge in [0, 0.05) is 19.3 Å². The molecular formula is C17H26N4O4. The fraction of sp³-hybridized carbons (Fsp3) is 0.706. The van der Waals surface area contributed by atoms with Crippen molar-refractivity contribution in [2.45, 2.75) is 57.7 Å². The Morgan fingerprint density at radius 1 is 1.36 bits per heavy atom. The lowest BCUT2D eigenvalue weighted by Crippen LogP contribution is -2.45. The Hall–Kier alpha value is -2.09. The van der Waals surface area contributed by atoms with Crippen LogP contribution in [-0.2, 0) is 14.3 Å². The molecule has 0 bridgehead atoms. The van der Waals surface area contributed by atoms with Crippen LogP contribution in [0.1, 0.15) is 46.1 Å². The third-order valence-corrected chi connectivity index (χ3v) is 4.33. The van der Waals surface area contributed by atoms with Crippen LogP contribution in [-0.4, -0.2) is 58.1 Å². The van der Waals surface area contributed by atoms with Gasteiger partial charge in [0.15, 0.2) is 0 Å². The van der Waals surface area contributed by atoms with E-state index >= 15 is 0 Å². The Kier molecular flexibility index (Phi) is 4.99. The molecule has 0 unspecified atom stereocenters. The summed E-state index contributed by atoms with van der Waals surface area (Å²) in [5.74, 6) is -0.203. The van der Waals surface area contributed by atoms with Gasteiger partial charge in [-0.2, -0.15) is 5.10 Å². The van der Waals surface area contributed by atoms with Gasteiger partial charge >= 0.3 is 6.09 Å². The van der Waals surface area contributed by atoms with Crippen molar-refractivity contribution in [2.75, 3.05) is 25.1 Å². The number of hydrogen-bond donors (Lipinski definition) is 1. The predicted octanol–water partition coefficient (Wildman–Crippen LogP) is 2.18. The standard InChI is InChI=1S/C17H26N4O4/c1-17(2,3)25-16(23)20-7-4-5-14(20)15(22)19-12-9-18-21(10-12)13-6-8-24-11-13/h9-10,13-14H,4-8,11H2,1-3H3,(H,19,22)/t13-,14+/m1/s1. The summed E-state index contributed by atoms with van der Waals surface area (Å²) in [6.07, 6.45) is 5.34. The van der Waals surface area contributed by atoms with Gasteiger partial charge < -0.3 is 14.8 Å². The van der Waals surface area contributed by atoms with Crippen molar-refractivity contribution in [3.63, 3.8) is 0 Å². The molecule has 2 aliphatic heterocycles. The molecule has 0 radical (unpaired) electrons. The van der Waals surface area contributed by atoms with Crippen LogP contribution in [0.5, 0.6) is 0 Å². The highest BCUT2D eigenvalue weighted by molar-refractivity contribution is 5.96. The first-order valence-electron chi connectivity index (χ1n) is 8.76. The molecule has 8 heteroatoms. The van der Waals surface area contributed by atoms with Crippen molar-refractivity contribution in [1.29, 1.82) is 0 Å². The van der Waals surface area contributed by atoms with Crippen molar-refractivity contribution in [3.05, 3.63) is 12.4 Å². The fourth-order valence-corrected chi connectivity index (χ4v) is 3.14. The van der Waals surface area contributed by atoms with Crippen molar-refractivity contribution in [2.24, 2.45) is 0 Å². The van der Waals surface area contributed by atoms with Gasteiger partial charge in [0.1, 0.15) is 11.6 Å². The molecule has 3 heterocycles. The number of aromatic nitrogens is 2.